The fraction of sp³-hybridized carbons (Fsp3) is 0.889. The zero-order valence-corrected chi connectivity index (χ0v) is 8.33. The normalized spacial score (nSPS) is 20.4. The molecule has 1 fully saturated rings. The van der Waals surface area contributed by atoms with E-state index < -0.39 is 5.97 Å². The Kier molecular flexibility index (Phi) is 6.49. The average Bonchev–Trinajstić information content (AvgIpc) is 2.05. The van der Waals surface area contributed by atoms with Crippen molar-refractivity contribution in [1.29, 1.82) is 0 Å². The minimum absolute atomic E-state index is 0. The van der Waals surface area contributed by atoms with Crippen LogP contribution in [0.5, 0.6) is 0 Å². The van der Waals surface area contributed by atoms with E-state index in [4.69, 9.17) is 10.8 Å². The van der Waals surface area contributed by atoms with Crippen LogP contribution in [0.4, 0.5) is 0 Å². The van der Waals surface area contributed by atoms with Crippen LogP contribution in [0.25, 0.3) is 0 Å². The van der Waals surface area contributed by atoms with Gasteiger partial charge in [0, 0.05) is 6.04 Å². The van der Waals surface area contributed by atoms with Crippen LogP contribution in [0.1, 0.15) is 40.0 Å². The molecule has 1 rings (SSSR count). The Morgan fingerprint density at radius 1 is 1.46 bits per heavy atom. The molecule has 0 bridgehead atoms. The van der Waals surface area contributed by atoms with Crippen LogP contribution in [0.2, 0.25) is 0 Å². The molecule has 0 amide bonds. The van der Waals surface area contributed by atoms with Crippen molar-refractivity contribution < 1.29 is 30.2 Å². The number of carboxylic acids is 1. The predicted molar refractivity (Wildman–Crippen MR) is 47.9 cm³/mol. The van der Waals surface area contributed by atoms with E-state index in [1.165, 1.54) is 19.3 Å². The van der Waals surface area contributed by atoms with Gasteiger partial charge in [-0.25, -0.2) is 0 Å². The summed E-state index contributed by atoms with van der Waals surface area (Å²) in [6, 6.07) is -0.122. The van der Waals surface area contributed by atoms with E-state index in [0.717, 1.165) is 12.8 Å². The zero-order chi connectivity index (χ0) is 8.97. The maximum atomic E-state index is 10.4. The third kappa shape index (κ3) is 4.71. The molecule has 1 aliphatic carbocycles. The molecular formula is C9H18LiNO2. The van der Waals surface area contributed by atoms with Crippen molar-refractivity contribution in [1.82, 2.24) is 0 Å². The van der Waals surface area contributed by atoms with Crippen LogP contribution in [0, 0.1) is 5.92 Å². The number of aliphatic carboxylic acids is 1. The Morgan fingerprint density at radius 2 is 2.00 bits per heavy atom. The Bertz CT molecular complexity index is 163. The molecule has 0 aromatic heterocycles. The number of hydrogen-bond donors (Lipinski definition) is 2. The van der Waals surface area contributed by atoms with Crippen LogP contribution in [-0.4, -0.2) is 17.1 Å². The molecule has 13 heavy (non-hydrogen) atoms. The number of carbonyl (C=O) groups is 1. The molecule has 0 radical (unpaired) electrons. The summed E-state index contributed by atoms with van der Waals surface area (Å²) >= 11 is 0. The van der Waals surface area contributed by atoms with Gasteiger partial charge in [0.05, 0.1) is 6.42 Å². The van der Waals surface area contributed by atoms with Crippen molar-refractivity contribution in [3.05, 3.63) is 0 Å². The number of rotatable bonds is 3. The SMILES string of the molecule is NC(CC(=O)O)C1CCCCC1.[H-].[Li+]. The Labute approximate surface area is 92.7 Å². The molecule has 1 aliphatic rings. The smallest absolute Gasteiger partial charge is 1.00 e. The average molecular weight is 179 g/mol. The summed E-state index contributed by atoms with van der Waals surface area (Å²) in [5.74, 6) is -0.317. The molecule has 0 saturated heterocycles. The summed E-state index contributed by atoms with van der Waals surface area (Å²) in [4.78, 5) is 10.4. The molecule has 0 spiro atoms. The van der Waals surface area contributed by atoms with E-state index in [9.17, 15) is 4.79 Å². The third-order valence-corrected chi connectivity index (χ3v) is 2.67. The first kappa shape index (κ1) is 13.0. The molecular weight excluding hydrogens is 161 g/mol. The monoisotopic (exact) mass is 179 g/mol. The first-order chi connectivity index (χ1) is 5.70. The summed E-state index contributed by atoms with van der Waals surface area (Å²) in [5.41, 5.74) is 5.77. The second-order valence-corrected chi connectivity index (χ2v) is 3.66. The zero-order valence-electron chi connectivity index (χ0n) is 9.33. The molecule has 0 aromatic carbocycles. The third-order valence-electron chi connectivity index (χ3n) is 2.67. The Hall–Kier alpha value is 0.0274. The van der Waals surface area contributed by atoms with Gasteiger partial charge in [0.25, 0.3) is 0 Å². The number of carboxylic acid groups (broad SMARTS) is 1. The molecule has 0 aromatic rings. The summed E-state index contributed by atoms with van der Waals surface area (Å²) in [6.07, 6.45) is 6.10. The van der Waals surface area contributed by atoms with Gasteiger partial charge in [0.2, 0.25) is 0 Å². The quantitative estimate of drug-likeness (QED) is 0.517. The molecule has 4 heteroatoms. The molecule has 0 heterocycles. The molecule has 3 nitrogen and oxygen atoms in total. The van der Waals surface area contributed by atoms with Gasteiger partial charge in [-0.1, -0.05) is 19.3 Å². The summed E-state index contributed by atoms with van der Waals surface area (Å²) in [7, 11) is 0. The van der Waals surface area contributed by atoms with Gasteiger partial charge in [0.15, 0.2) is 0 Å². The fourth-order valence-electron chi connectivity index (χ4n) is 1.93. The van der Waals surface area contributed by atoms with E-state index >= 15 is 0 Å². The van der Waals surface area contributed by atoms with Crippen molar-refractivity contribution in [2.45, 2.75) is 44.6 Å². The van der Waals surface area contributed by atoms with Gasteiger partial charge in [-0.2, -0.15) is 0 Å². The predicted octanol–water partition coefficient (Wildman–Crippen LogP) is -1.51. The van der Waals surface area contributed by atoms with Crippen molar-refractivity contribution in [3.8, 4) is 0 Å². The largest absolute Gasteiger partial charge is 1.00 e. The van der Waals surface area contributed by atoms with E-state index in [1.54, 1.807) is 0 Å². The van der Waals surface area contributed by atoms with Crippen LogP contribution in [0.15, 0.2) is 0 Å². The first-order valence-electron chi connectivity index (χ1n) is 4.67. The van der Waals surface area contributed by atoms with Crippen molar-refractivity contribution >= 4 is 5.97 Å². The second kappa shape index (κ2) is 6.48. The van der Waals surface area contributed by atoms with E-state index in [0.29, 0.717) is 5.92 Å². The van der Waals surface area contributed by atoms with Crippen LogP contribution < -0.4 is 24.6 Å². The van der Waals surface area contributed by atoms with Crippen molar-refractivity contribution in [2.75, 3.05) is 0 Å². The number of hydrogen-bond acceptors (Lipinski definition) is 2. The summed E-state index contributed by atoms with van der Waals surface area (Å²) < 4.78 is 0. The molecule has 1 atom stereocenters. The maximum Gasteiger partial charge on any atom is 1.00 e. The van der Waals surface area contributed by atoms with Gasteiger partial charge in [-0.15, -0.1) is 0 Å². The van der Waals surface area contributed by atoms with Crippen molar-refractivity contribution in [3.63, 3.8) is 0 Å². The molecule has 1 saturated carbocycles. The van der Waals surface area contributed by atoms with Crippen molar-refractivity contribution in [2.24, 2.45) is 11.7 Å². The van der Waals surface area contributed by atoms with E-state index in [1.807, 2.05) is 0 Å². The fourth-order valence-corrected chi connectivity index (χ4v) is 1.93. The van der Waals surface area contributed by atoms with Crippen LogP contribution in [0.3, 0.4) is 0 Å². The Morgan fingerprint density at radius 3 is 2.46 bits per heavy atom. The van der Waals surface area contributed by atoms with Gasteiger partial charge < -0.3 is 12.3 Å². The number of nitrogens with two attached hydrogens (primary N) is 1. The van der Waals surface area contributed by atoms with Crippen LogP contribution >= 0.6 is 0 Å². The maximum absolute atomic E-state index is 10.4. The molecule has 3 N–H and O–H groups in total. The molecule has 0 aliphatic heterocycles. The molecule has 72 valence electrons. The summed E-state index contributed by atoms with van der Waals surface area (Å²) in [5, 5.41) is 8.53. The van der Waals surface area contributed by atoms with Crippen LogP contribution in [-0.2, 0) is 4.79 Å². The van der Waals surface area contributed by atoms with E-state index in [2.05, 4.69) is 0 Å². The van der Waals surface area contributed by atoms with Gasteiger partial charge in [0.1, 0.15) is 0 Å². The minimum Gasteiger partial charge on any atom is -1.00 e. The second-order valence-electron chi connectivity index (χ2n) is 3.66. The van der Waals surface area contributed by atoms with Gasteiger partial charge in [-0.05, 0) is 18.8 Å². The first-order valence-corrected chi connectivity index (χ1v) is 4.67. The minimum atomic E-state index is -0.770. The standard InChI is InChI=1S/C9H17NO2.Li.H/c10-8(6-9(11)12)7-4-2-1-3-5-7;;/h7-8H,1-6,10H2,(H,11,12);;/q;+1;-1. The molecule has 1 unspecified atom stereocenters. The Balaban J connectivity index is 0. The topological polar surface area (TPSA) is 63.3 Å². The van der Waals surface area contributed by atoms with E-state index in [-0.39, 0.29) is 32.7 Å². The van der Waals surface area contributed by atoms with Gasteiger partial charge in [-0.3, -0.25) is 4.79 Å². The van der Waals surface area contributed by atoms with Gasteiger partial charge >= 0.3 is 24.8 Å². The summed E-state index contributed by atoms with van der Waals surface area (Å²) in [6.45, 7) is 0.